The zero-order valence-corrected chi connectivity index (χ0v) is 24.6. The molecule has 2 aromatic heterocycles. The first-order chi connectivity index (χ1) is 22.3. The molecule has 7 aromatic carbocycles. The lowest BCUT2D eigenvalue weighted by Crippen LogP contribution is -2.00. The van der Waals surface area contributed by atoms with Gasteiger partial charge in [-0.05, 0) is 59.7 Å². The average molecular weight is 576 g/mol. The van der Waals surface area contributed by atoms with Crippen molar-refractivity contribution in [2.45, 2.75) is 0 Å². The summed E-state index contributed by atoms with van der Waals surface area (Å²) < 4.78 is 4.78. The molecule has 3 nitrogen and oxygen atoms in total. The fourth-order valence-electron chi connectivity index (χ4n) is 6.93. The summed E-state index contributed by atoms with van der Waals surface area (Å²) in [6, 6.07) is 60.7. The Hall–Kier alpha value is -6.06. The molecule has 1 N–H and O–H groups in total. The number of fused-ring (bicyclic) bond motifs is 6. The molecule has 2 heterocycles. The van der Waals surface area contributed by atoms with Crippen LogP contribution in [0, 0.1) is 0 Å². The molecule has 45 heavy (non-hydrogen) atoms. The molecule has 0 saturated heterocycles. The maximum atomic E-state index is 3.93. The number of anilines is 2. The molecule has 9 rings (SSSR count). The minimum Gasteiger partial charge on any atom is -0.352 e. The van der Waals surface area contributed by atoms with E-state index in [9.17, 15) is 0 Å². The van der Waals surface area contributed by atoms with E-state index in [2.05, 4.69) is 184 Å². The minimum absolute atomic E-state index is 1.06. The Labute approximate surface area is 261 Å². The highest BCUT2D eigenvalue weighted by Crippen LogP contribution is 2.41. The molecule has 212 valence electrons. The third kappa shape index (κ3) is 4.05. The molecular weight excluding hydrogens is 546 g/mol. The van der Waals surface area contributed by atoms with Gasteiger partial charge in [-0.1, -0.05) is 121 Å². The van der Waals surface area contributed by atoms with E-state index in [1.165, 1.54) is 43.7 Å². The summed E-state index contributed by atoms with van der Waals surface area (Å²) in [7, 11) is 0. The Balaban J connectivity index is 1.27. The van der Waals surface area contributed by atoms with E-state index in [-0.39, 0.29) is 0 Å². The summed E-state index contributed by atoms with van der Waals surface area (Å²) in [4.78, 5) is 0. The van der Waals surface area contributed by atoms with E-state index < -0.39 is 0 Å². The Bertz CT molecular complexity index is 2490. The van der Waals surface area contributed by atoms with Gasteiger partial charge in [0, 0.05) is 32.9 Å². The zero-order valence-electron chi connectivity index (χ0n) is 24.6. The number of nitrogens with one attached hydrogen (secondary N) is 1. The third-order valence-corrected chi connectivity index (χ3v) is 8.91. The predicted octanol–water partition coefficient (Wildman–Crippen LogP) is 11.3. The molecule has 0 aliphatic rings. The molecule has 0 aliphatic carbocycles. The van der Waals surface area contributed by atoms with Crippen molar-refractivity contribution >= 4 is 55.0 Å². The van der Waals surface area contributed by atoms with Gasteiger partial charge in [-0.25, -0.2) is 0 Å². The van der Waals surface area contributed by atoms with Crippen molar-refractivity contribution in [3.63, 3.8) is 0 Å². The van der Waals surface area contributed by atoms with Crippen LogP contribution in [0.5, 0.6) is 0 Å². The van der Waals surface area contributed by atoms with Gasteiger partial charge in [0.15, 0.2) is 0 Å². The fraction of sp³-hybridized carbons (Fsp3) is 0. The number of benzene rings is 7. The van der Waals surface area contributed by atoms with Crippen LogP contribution in [0.4, 0.5) is 11.4 Å². The standard InChI is InChI=1S/C42H29N3/c1-3-13-29(14-4-1)30-25-27-32(28-26-30)45-40-24-10-8-18-34(40)36-20-12-22-38(42(36)45)43-37-21-11-19-35-33-17-7-9-23-39(33)44(41(35)37)31-15-5-2-6-16-31/h1-28,43H. The Morgan fingerprint density at radius 3 is 1.29 bits per heavy atom. The van der Waals surface area contributed by atoms with Crippen molar-refractivity contribution in [1.29, 1.82) is 0 Å². The normalized spacial score (nSPS) is 11.6. The number of aromatic nitrogens is 2. The first kappa shape index (κ1) is 25.4. The molecule has 0 saturated carbocycles. The van der Waals surface area contributed by atoms with E-state index in [4.69, 9.17) is 0 Å². The van der Waals surface area contributed by atoms with Gasteiger partial charge in [-0.3, -0.25) is 0 Å². The molecule has 0 unspecified atom stereocenters. The first-order valence-corrected chi connectivity index (χ1v) is 15.4. The van der Waals surface area contributed by atoms with Gasteiger partial charge in [0.05, 0.1) is 33.4 Å². The number of hydrogen-bond donors (Lipinski definition) is 1. The average Bonchev–Trinajstić information content (AvgIpc) is 3.64. The third-order valence-electron chi connectivity index (χ3n) is 8.91. The lowest BCUT2D eigenvalue weighted by Gasteiger charge is -2.16. The fourth-order valence-corrected chi connectivity index (χ4v) is 6.93. The van der Waals surface area contributed by atoms with Crippen molar-refractivity contribution in [1.82, 2.24) is 9.13 Å². The Morgan fingerprint density at radius 1 is 0.311 bits per heavy atom. The van der Waals surface area contributed by atoms with Crippen molar-refractivity contribution in [2.75, 3.05) is 5.32 Å². The van der Waals surface area contributed by atoms with Crippen LogP contribution < -0.4 is 5.32 Å². The number of para-hydroxylation sites is 5. The topological polar surface area (TPSA) is 21.9 Å². The van der Waals surface area contributed by atoms with Gasteiger partial charge >= 0.3 is 0 Å². The van der Waals surface area contributed by atoms with Gasteiger partial charge < -0.3 is 14.5 Å². The lowest BCUT2D eigenvalue weighted by molar-refractivity contribution is 1.17. The number of nitrogens with zero attached hydrogens (tertiary/aromatic N) is 2. The van der Waals surface area contributed by atoms with E-state index in [1.807, 2.05) is 0 Å². The van der Waals surface area contributed by atoms with Gasteiger partial charge in [0.25, 0.3) is 0 Å². The van der Waals surface area contributed by atoms with Crippen LogP contribution >= 0.6 is 0 Å². The lowest BCUT2D eigenvalue weighted by atomic mass is 10.1. The van der Waals surface area contributed by atoms with Gasteiger partial charge in [-0.2, -0.15) is 0 Å². The molecule has 0 spiro atoms. The van der Waals surface area contributed by atoms with E-state index >= 15 is 0 Å². The quantitative estimate of drug-likeness (QED) is 0.217. The summed E-state index contributed by atoms with van der Waals surface area (Å²) in [5, 5.41) is 8.85. The van der Waals surface area contributed by atoms with Crippen LogP contribution in [0.3, 0.4) is 0 Å². The second kappa shape index (κ2) is 10.3. The van der Waals surface area contributed by atoms with Crippen LogP contribution in [-0.2, 0) is 0 Å². The summed E-state index contributed by atoms with van der Waals surface area (Å²) in [6.45, 7) is 0. The maximum Gasteiger partial charge on any atom is 0.0776 e. The van der Waals surface area contributed by atoms with Gasteiger partial charge in [0.2, 0.25) is 0 Å². The molecule has 3 heteroatoms. The second-order valence-electron chi connectivity index (χ2n) is 11.5. The van der Waals surface area contributed by atoms with Crippen LogP contribution in [0.1, 0.15) is 0 Å². The molecule has 0 atom stereocenters. The van der Waals surface area contributed by atoms with Crippen LogP contribution in [-0.4, -0.2) is 9.13 Å². The zero-order chi connectivity index (χ0) is 29.7. The highest BCUT2D eigenvalue weighted by Gasteiger charge is 2.19. The Morgan fingerprint density at radius 2 is 0.733 bits per heavy atom. The first-order valence-electron chi connectivity index (χ1n) is 15.4. The van der Waals surface area contributed by atoms with E-state index in [0.29, 0.717) is 0 Å². The van der Waals surface area contributed by atoms with Crippen molar-refractivity contribution < 1.29 is 0 Å². The highest BCUT2D eigenvalue weighted by atomic mass is 15.0. The Kier molecular flexibility index (Phi) is 5.82. The summed E-state index contributed by atoms with van der Waals surface area (Å²) in [5.74, 6) is 0. The number of rotatable bonds is 5. The molecule has 0 amide bonds. The molecule has 0 aliphatic heterocycles. The van der Waals surface area contributed by atoms with Gasteiger partial charge in [0.1, 0.15) is 0 Å². The molecule has 0 bridgehead atoms. The monoisotopic (exact) mass is 575 g/mol. The molecule has 0 fully saturated rings. The maximum absolute atomic E-state index is 3.93. The van der Waals surface area contributed by atoms with Crippen LogP contribution in [0.25, 0.3) is 66.1 Å². The minimum atomic E-state index is 1.06. The largest absolute Gasteiger partial charge is 0.352 e. The van der Waals surface area contributed by atoms with Crippen molar-refractivity contribution in [3.05, 3.63) is 170 Å². The summed E-state index contributed by atoms with van der Waals surface area (Å²) in [6.07, 6.45) is 0. The predicted molar refractivity (Wildman–Crippen MR) is 190 cm³/mol. The van der Waals surface area contributed by atoms with Crippen LogP contribution in [0.15, 0.2) is 170 Å². The van der Waals surface area contributed by atoms with E-state index in [0.717, 1.165) is 33.8 Å². The van der Waals surface area contributed by atoms with E-state index in [1.54, 1.807) is 0 Å². The van der Waals surface area contributed by atoms with Crippen molar-refractivity contribution in [2.24, 2.45) is 0 Å². The second-order valence-corrected chi connectivity index (χ2v) is 11.5. The molecular formula is C42H29N3. The smallest absolute Gasteiger partial charge is 0.0776 e. The molecule has 0 radical (unpaired) electrons. The van der Waals surface area contributed by atoms with Crippen molar-refractivity contribution in [3.8, 4) is 22.5 Å². The summed E-state index contributed by atoms with van der Waals surface area (Å²) in [5.41, 5.74) is 11.5. The summed E-state index contributed by atoms with van der Waals surface area (Å²) >= 11 is 0. The van der Waals surface area contributed by atoms with Crippen LogP contribution in [0.2, 0.25) is 0 Å². The molecule has 9 aromatic rings. The number of hydrogen-bond acceptors (Lipinski definition) is 1. The van der Waals surface area contributed by atoms with Gasteiger partial charge in [-0.15, -0.1) is 0 Å². The highest BCUT2D eigenvalue weighted by molar-refractivity contribution is 6.16. The SMILES string of the molecule is c1ccc(-c2ccc(-n3c4ccccc4c4cccc(Nc5cccc6c7ccccc7n(-c7ccccc7)c56)c43)cc2)cc1.